The summed E-state index contributed by atoms with van der Waals surface area (Å²) in [4.78, 5) is 54.2. The number of alkyl halides is 1. The number of hydrogen-bond donors (Lipinski definition) is 7. The average molecular weight is 691 g/mol. The smallest absolute Gasteiger partial charge is 0.394 e. The second-order valence-electron chi connectivity index (χ2n) is 10.1. The molecule has 0 spiro atoms. The van der Waals surface area contributed by atoms with Crippen molar-refractivity contribution < 1.29 is 56.8 Å². The second-order valence-corrected chi connectivity index (χ2v) is 12.4. The van der Waals surface area contributed by atoms with Gasteiger partial charge in [-0.25, -0.2) is 28.9 Å². The molecule has 0 aliphatic carbocycles. The Morgan fingerprint density at radius 2 is 1.76 bits per heavy atom. The minimum atomic E-state index is -5.19. The van der Waals surface area contributed by atoms with Crippen molar-refractivity contribution >= 4 is 49.9 Å². The molecule has 248 valence electrons. The van der Waals surface area contributed by atoms with E-state index in [-0.39, 0.29) is 34.1 Å². The third-order valence-corrected chi connectivity index (χ3v) is 8.54. The minimum Gasteiger partial charge on any atom is -0.394 e. The van der Waals surface area contributed by atoms with Crippen LogP contribution in [-0.2, 0) is 32.4 Å². The normalized spacial score (nSPS) is 29.9. The fraction of sp³-hybridized carbons (Fsp3) is 0.524. The lowest BCUT2D eigenvalue weighted by molar-refractivity contribution is -0.0647. The molecule has 25 heteroatoms. The topological polar surface area (TPSA) is 320 Å². The quantitative estimate of drug-likeness (QED) is 0.0852. The molecule has 2 aliphatic heterocycles. The number of fused-ring (bicyclic) bond motifs is 2. The maximum atomic E-state index is 15.7. The molecule has 2 saturated heterocycles. The Morgan fingerprint density at radius 3 is 2.48 bits per heavy atom. The number of nitrogens with two attached hydrogens (primary N) is 2. The average Bonchev–Trinajstić information content (AvgIpc) is 3.76. The van der Waals surface area contributed by atoms with Gasteiger partial charge in [0.25, 0.3) is 11.9 Å². The Bertz CT molecular complexity index is 1880. The molecule has 4 aromatic heterocycles. The lowest BCUT2D eigenvalue weighted by Gasteiger charge is -2.25. The van der Waals surface area contributed by atoms with E-state index in [1.807, 2.05) is 0 Å². The van der Waals surface area contributed by atoms with Gasteiger partial charge in [0.15, 0.2) is 41.3 Å². The van der Waals surface area contributed by atoms with Gasteiger partial charge in [0, 0.05) is 0 Å². The minimum absolute atomic E-state index is 0.00930. The molecular formula is C21H26FN10O12P2+. The van der Waals surface area contributed by atoms with Crippen LogP contribution in [-0.4, -0.2) is 115 Å². The maximum absolute atomic E-state index is 15.7. The van der Waals surface area contributed by atoms with Gasteiger partial charge >= 0.3 is 15.9 Å². The van der Waals surface area contributed by atoms with E-state index in [4.69, 9.17) is 34.7 Å². The van der Waals surface area contributed by atoms with Crippen LogP contribution in [0.5, 0.6) is 0 Å². The number of phosphoric ester groups is 1. The molecule has 2 aliphatic rings. The fourth-order valence-electron chi connectivity index (χ4n) is 5.15. The predicted molar refractivity (Wildman–Crippen MR) is 148 cm³/mol. The number of nitrogens with zero attached hydrogens (tertiary/aromatic N) is 7. The van der Waals surface area contributed by atoms with E-state index in [1.54, 1.807) is 0 Å². The zero-order chi connectivity index (χ0) is 32.9. The number of H-pyrrole nitrogens is 1. The molecule has 9 N–H and O–H groups in total. The summed E-state index contributed by atoms with van der Waals surface area (Å²) >= 11 is 0. The molecule has 6 heterocycles. The number of halogens is 1. The molecule has 0 amide bonds. The van der Waals surface area contributed by atoms with E-state index in [0.717, 1.165) is 17.2 Å². The number of aliphatic hydroxyl groups is 2. The zero-order valence-corrected chi connectivity index (χ0v) is 24.9. The summed E-state index contributed by atoms with van der Waals surface area (Å²) in [7, 11) is -8.05. The molecule has 6 unspecified atom stereocenters. The van der Waals surface area contributed by atoms with Gasteiger partial charge in [-0.15, -0.1) is 0 Å². The highest BCUT2D eigenvalue weighted by Crippen LogP contribution is 2.50. The van der Waals surface area contributed by atoms with Crippen LogP contribution in [0, 0.1) is 0 Å². The summed E-state index contributed by atoms with van der Waals surface area (Å²) in [5.74, 6) is -0.275. The molecule has 10 atom stereocenters. The standard InChI is InChI=1S/C21H25FN10O12P2/c22-9-13(40-6-45(36)37)8(43-19(9)31-4-27-10-15(23)25-3-26-16(10)31)2-41-46(38,39)44-14-12(34)7(1-33)42-20(14)32-5-28-11-17(32)29-21(24)30-18(11)35/h3-5,7-9,12-14,19-20,33-34H,1-2,6H2,(H6-,23,24,25,26,29,30,35,36,37,38,39)/p+1/t7-,8-,9?,12?,13?,14?,19-,20-/m1/s1. The van der Waals surface area contributed by atoms with Crippen molar-refractivity contribution in [3.05, 3.63) is 29.3 Å². The van der Waals surface area contributed by atoms with Crippen LogP contribution >= 0.6 is 15.9 Å². The summed E-state index contributed by atoms with van der Waals surface area (Å²) < 4.78 is 69.5. The first-order valence-electron chi connectivity index (χ1n) is 13.2. The molecular weight excluding hydrogens is 665 g/mol. The molecule has 2 fully saturated rings. The molecule has 0 saturated carbocycles. The van der Waals surface area contributed by atoms with Crippen LogP contribution in [0.3, 0.4) is 0 Å². The van der Waals surface area contributed by atoms with E-state index in [1.165, 1.54) is 10.9 Å². The number of hydrogen-bond acceptors (Lipinski definition) is 17. The Morgan fingerprint density at radius 1 is 1.07 bits per heavy atom. The number of imidazole rings is 2. The SMILES string of the molecule is Nc1nc2c(ncn2[C@@H]2O[C@H](CO)C(O)C2OP(=O)(O)OC[C@H]2O[C@@H](n3cnc4c(N)ncnc43)C(F)C2OC[P+](=O)O)c(=O)[nH]1. The predicted octanol–water partition coefficient (Wildman–Crippen LogP) is -1.81. The summed E-state index contributed by atoms with van der Waals surface area (Å²) in [5.41, 5.74) is 10.7. The number of anilines is 2. The van der Waals surface area contributed by atoms with Crippen molar-refractivity contribution in [2.45, 2.75) is 49.1 Å². The third kappa shape index (κ3) is 5.98. The van der Waals surface area contributed by atoms with Crippen molar-refractivity contribution in [2.24, 2.45) is 0 Å². The number of ether oxygens (including phenoxy) is 3. The van der Waals surface area contributed by atoms with E-state index in [2.05, 4.69) is 29.9 Å². The lowest BCUT2D eigenvalue weighted by atomic mass is 10.1. The van der Waals surface area contributed by atoms with Crippen LogP contribution in [0.2, 0.25) is 0 Å². The number of nitrogens with one attached hydrogen (secondary N) is 1. The summed E-state index contributed by atoms with van der Waals surface area (Å²) in [6.07, 6.45) is -10.2. The van der Waals surface area contributed by atoms with E-state index < -0.39 is 90.1 Å². The number of nitrogen functional groups attached to an aromatic ring is 2. The fourth-order valence-corrected chi connectivity index (χ4v) is 6.38. The monoisotopic (exact) mass is 691 g/mol. The molecule has 0 aromatic carbocycles. The van der Waals surface area contributed by atoms with Gasteiger partial charge in [0.2, 0.25) is 5.95 Å². The van der Waals surface area contributed by atoms with Gasteiger partial charge in [-0.2, -0.15) is 9.88 Å². The van der Waals surface area contributed by atoms with Crippen molar-refractivity contribution in [3.8, 4) is 0 Å². The lowest BCUT2D eigenvalue weighted by Crippen LogP contribution is -2.36. The highest BCUT2D eigenvalue weighted by Gasteiger charge is 2.52. The van der Waals surface area contributed by atoms with Gasteiger partial charge in [-0.05, 0) is 4.57 Å². The van der Waals surface area contributed by atoms with Gasteiger partial charge in [-0.1, -0.05) is 0 Å². The largest absolute Gasteiger partial charge is 0.534 e. The highest BCUT2D eigenvalue weighted by molar-refractivity contribution is 7.47. The Hall–Kier alpha value is -3.60. The summed E-state index contributed by atoms with van der Waals surface area (Å²) in [5, 5.41) is 20.5. The molecule has 46 heavy (non-hydrogen) atoms. The summed E-state index contributed by atoms with van der Waals surface area (Å²) in [6, 6.07) is 0. The van der Waals surface area contributed by atoms with Crippen LogP contribution in [0.4, 0.5) is 16.2 Å². The van der Waals surface area contributed by atoms with Gasteiger partial charge in [0.05, 0.1) is 25.9 Å². The number of phosphoric acid groups is 1. The van der Waals surface area contributed by atoms with Crippen molar-refractivity contribution in [1.29, 1.82) is 0 Å². The van der Waals surface area contributed by atoms with Gasteiger partial charge < -0.3 is 40.8 Å². The second kappa shape index (κ2) is 12.5. The van der Waals surface area contributed by atoms with Gasteiger partial charge in [0.1, 0.15) is 42.4 Å². The number of aliphatic hydroxyl groups excluding tert-OH is 2. The number of rotatable bonds is 11. The van der Waals surface area contributed by atoms with Crippen LogP contribution < -0.4 is 17.0 Å². The number of aromatic nitrogens is 8. The first-order chi connectivity index (χ1) is 21.9. The molecule has 0 bridgehead atoms. The van der Waals surface area contributed by atoms with Crippen LogP contribution in [0.25, 0.3) is 22.3 Å². The molecule has 6 rings (SSSR count). The number of aromatic amines is 1. The van der Waals surface area contributed by atoms with Gasteiger partial charge in [-0.3, -0.25) is 28.0 Å². The highest BCUT2D eigenvalue weighted by atomic mass is 31.2. The van der Waals surface area contributed by atoms with Crippen LogP contribution in [0.1, 0.15) is 12.5 Å². The van der Waals surface area contributed by atoms with E-state index >= 15 is 4.39 Å². The first kappa shape index (κ1) is 32.3. The zero-order valence-electron chi connectivity index (χ0n) is 23.1. The molecule has 4 aromatic rings. The van der Waals surface area contributed by atoms with Crippen molar-refractivity contribution in [1.82, 2.24) is 39.0 Å². The Labute approximate surface area is 255 Å². The Balaban J connectivity index is 1.22. The first-order valence-corrected chi connectivity index (χ1v) is 16.1. The molecule has 22 nitrogen and oxygen atoms in total. The van der Waals surface area contributed by atoms with Crippen molar-refractivity contribution in [3.63, 3.8) is 0 Å². The Kier molecular flexibility index (Phi) is 8.82. The maximum Gasteiger partial charge on any atom is 0.534 e. The van der Waals surface area contributed by atoms with Crippen LogP contribution in [0.15, 0.2) is 23.8 Å². The summed E-state index contributed by atoms with van der Waals surface area (Å²) in [6.45, 7) is -1.60. The van der Waals surface area contributed by atoms with E-state index in [9.17, 15) is 33.9 Å². The van der Waals surface area contributed by atoms with Crippen molar-refractivity contribution in [2.75, 3.05) is 31.0 Å². The third-order valence-electron chi connectivity index (χ3n) is 7.18. The van der Waals surface area contributed by atoms with E-state index in [0.29, 0.717) is 0 Å². The molecule has 0 radical (unpaired) electrons.